The molecule has 0 unspecified atom stereocenters. The molecule has 0 saturated carbocycles. The molecule has 2 rings (SSSR count). The van der Waals surface area contributed by atoms with Gasteiger partial charge in [-0.05, 0) is 31.9 Å². The molecule has 1 radical (unpaired) electrons. The van der Waals surface area contributed by atoms with E-state index in [0.29, 0.717) is 12.4 Å². The van der Waals surface area contributed by atoms with Gasteiger partial charge in [0, 0.05) is 18.7 Å². The third-order valence-electron chi connectivity index (χ3n) is 2.75. The van der Waals surface area contributed by atoms with E-state index >= 15 is 0 Å². The molecule has 1 fully saturated rings. The highest BCUT2D eigenvalue weighted by molar-refractivity contribution is 5.26. The second-order valence-electron chi connectivity index (χ2n) is 3.99. The van der Waals surface area contributed by atoms with Crippen molar-refractivity contribution < 1.29 is 9.13 Å². The Balaban J connectivity index is 2.09. The zero-order chi connectivity index (χ0) is 11.4. The minimum absolute atomic E-state index is 0.309. The number of rotatable bonds is 3. The van der Waals surface area contributed by atoms with Crippen molar-refractivity contribution in [1.82, 2.24) is 9.88 Å². The predicted molar refractivity (Wildman–Crippen MR) is 59.6 cm³/mol. The first-order chi connectivity index (χ1) is 7.79. The van der Waals surface area contributed by atoms with E-state index in [2.05, 4.69) is 16.3 Å². The van der Waals surface area contributed by atoms with Crippen molar-refractivity contribution >= 4 is 0 Å². The second kappa shape index (κ2) is 5.25. The topological polar surface area (TPSA) is 25.4 Å². The normalized spacial score (nSPS) is 17.4. The number of hydrogen-bond donors (Lipinski definition) is 0. The molecule has 1 aliphatic rings. The SMILES string of the molecule is COc1ncc(F)cc1CN1C[CH]CCC1. The van der Waals surface area contributed by atoms with Crippen LogP contribution in [0.15, 0.2) is 12.3 Å². The van der Waals surface area contributed by atoms with Crippen LogP contribution in [0.3, 0.4) is 0 Å². The van der Waals surface area contributed by atoms with Crippen molar-refractivity contribution in [3.8, 4) is 5.88 Å². The molecule has 4 heteroatoms. The molecular formula is C12H16FN2O. The molecule has 1 aliphatic heterocycles. The van der Waals surface area contributed by atoms with Crippen LogP contribution in [0.2, 0.25) is 0 Å². The number of nitrogens with zero attached hydrogens (tertiary/aromatic N) is 2. The minimum atomic E-state index is -0.309. The fourth-order valence-corrected chi connectivity index (χ4v) is 1.97. The number of hydrogen-bond acceptors (Lipinski definition) is 3. The third kappa shape index (κ3) is 2.70. The summed E-state index contributed by atoms with van der Waals surface area (Å²) in [6, 6.07) is 1.50. The highest BCUT2D eigenvalue weighted by Gasteiger charge is 2.14. The van der Waals surface area contributed by atoms with Crippen LogP contribution in [-0.4, -0.2) is 30.1 Å². The largest absolute Gasteiger partial charge is 0.481 e. The summed E-state index contributed by atoms with van der Waals surface area (Å²) in [5.74, 6) is 0.212. The van der Waals surface area contributed by atoms with Crippen molar-refractivity contribution in [2.75, 3.05) is 20.2 Å². The van der Waals surface area contributed by atoms with Crippen molar-refractivity contribution in [1.29, 1.82) is 0 Å². The molecule has 2 heterocycles. The summed E-state index contributed by atoms with van der Waals surface area (Å²) in [5, 5.41) is 0. The molecule has 0 spiro atoms. The molecule has 0 aromatic carbocycles. The first kappa shape index (κ1) is 11.3. The van der Waals surface area contributed by atoms with Crippen LogP contribution in [0, 0.1) is 12.2 Å². The number of halogens is 1. The van der Waals surface area contributed by atoms with Crippen LogP contribution >= 0.6 is 0 Å². The maximum absolute atomic E-state index is 13.1. The summed E-state index contributed by atoms with van der Waals surface area (Å²) >= 11 is 0. The zero-order valence-electron chi connectivity index (χ0n) is 9.45. The van der Waals surface area contributed by atoms with E-state index in [9.17, 15) is 4.39 Å². The maximum atomic E-state index is 13.1. The Morgan fingerprint density at radius 3 is 3.12 bits per heavy atom. The Kier molecular flexibility index (Phi) is 3.72. The highest BCUT2D eigenvalue weighted by Crippen LogP contribution is 2.19. The van der Waals surface area contributed by atoms with Crippen molar-refractivity contribution in [2.45, 2.75) is 19.4 Å². The molecule has 87 valence electrons. The van der Waals surface area contributed by atoms with Gasteiger partial charge >= 0.3 is 0 Å². The lowest BCUT2D eigenvalue weighted by Crippen LogP contribution is -2.29. The van der Waals surface area contributed by atoms with Crippen molar-refractivity contribution in [3.63, 3.8) is 0 Å². The van der Waals surface area contributed by atoms with E-state index in [0.717, 1.165) is 18.7 Å². The average molecular weight is 223 g/mol. The maximum Gasteiger partial charge on any atom is 0.217 e. The fraction of sp³-hybridized carbons (Fsp3) is 0.500. The molecule has 16 heavy (non-hydrogen) atoms. The Morgan fingerprint density at radius 1 is 1.56 bits per heavy atom. The van der Waals surface area contributed by atoms with Crippen molar-refractivity contribution in [2.24, 2.45) is 0 Å². The molecule has 0 atom stereocenters. The van der Waals surface area contributed by atoms with E-state index in [1.807, 2.05) is 0 Å². The first-order valence-electron chi connectivity index (χ1n) is 5.52. The van der Waals surface area contributed by atoms with E-state index < -0.39 is 0 Å². The Bertz CT molecular complexity index is 351. The molecular weight excluding hydrogens is 207 g/mol. The Morgan fingerprint density at radius 2 is 2.44 bits per heavy atom. The third-order valence-corrected chi connectivity index (χ3v) is 2.75. The van der Waals surface area contributed by atoms with E-state index in [4.69, 9.17) is 4.74 Å². The molecule has 0 aliphatic carbocycles. The minimum Gasteiger partial charge on any atom is -0.481 e. The zero-order valence-corrected chi connectivity index (χ0v) is 9.45. The van der Waals surface area contributed by atoms with Gasteiger partial charge in [-0.25, -0.2) is 9.37 Å². The second-order valence-corrected chi connectivity index (χ2v) is 3.99. The van der Waals surface area contributed by atoms with Gasteiger partial charge in [0.25, 0.3) is 0 Å². The lowest BCUT2D eigenvalue weighted by atomic mass is 10.1. The number of ether oxygens (including phenoxy) is 1. The molecule has 0 bridgehead atoms. The molecule has 1 saturated heterocycles. The van der Waals surface area contributed by atoms with Gasteiger partial charge in [-0.3, -0.25) is 4.90 Å². The van der Waals surface area contributed by atoms with Gasteiger partial charge in [-0.2, -0.15) is 0 Å². The lowest BCUT2D eigenvalue weighted by molar-refractivity contribution is 0.249. The first-order valence-corrected chi connectivity index (χ1v) is 5.52. The monoisotopic (exact) mass is 223 g/mol. The van der Waals surface area contributed by atoms with Crippen LogP contribution in [0.25, 0.3) is 0 Å². The number of methoxy groups -OCH3 is 1. The summed E-state index contributed by atoms with van der Waals surface area (Å²) in [6.45, 7) is 2.71. The summed E-state index contributed by atoms with van der Waals surface area (Å²) < 4.78 is 18.2. The van der Waals surface area contributed by atoms with E-state index in [1.54, 1.807) is 7.11 Å². The standard InChI is InChI=1S/C12H16FN2O/c1-16-12-10(7-11(13)8-14-12)9-15-5-3-2-4-6-15/h3,7-8H,2,4-6,9H2,1H3. The average Bonchev–Trinajstić information content (AvgIpc) is 2.31. The van der Waals surface area contributed by atoms with Crippen LogP contribution in [0.5, 0.6) is 5.88 Å². The van der Waals surface area contributed by atoms with Crippen LogP contribution in [-0.2, 0) is 6.54 Å². The van der Waals surface area contributed by atoms with Crippen LogP contribution in [0.4, 0.5) is 4.39 Å². The van der Waals surface area contributed by atoms with Gasteiger partial charge in [0.15, 0.2) is 0 Å². The van der Waals surface area contributed by atoms with Gasteiger partial charge in [0.2, 0.25) is 5.88 Å². The summed E-state index contributed by atoms with van der Waals surface area (Å²) in [6.07, 6.45) is 5.79. The number of aromatic nitrogens is 1. The Labute approximate surface area is 95.2 Å². The lowest BCUT2D eigenvalue weighted by Gasteiger charge is -2.26. The van der Waals surface area contributed by atoms with Crippen LogP contribution in [0.1, 0.15) is 18.4 Å². The van der Waals surface area contributed by atoms with Crippen LogP contribution < -0.4 is 4.74 Å². The van der Waals surface area contributed by atoms with Gasteiger partial charge in [-0.15, -0.1) is 0 Å². The fourth-order valence-electron chi connectivity index (χ4n) is 1.97. The smallest absolute Gasteiger partial charge is 0.217 e. The summed E-state index contributed by atoms with van der Waals surface area (Å²) in [5.41, 5.74) is 0.817. The number of likely N-dealkylation sites (tertiary alicyclic amines) is 1. The quantitative estimate of drug-likeness (QED) is 0.784. The summed E-state index contributed by atoms with van der Waals surface area (Å²) in [7, 11) is 1.56. The van der Waals surface area contributed by atoms with E-state index in [-0.39, 0.29) is 5.82 Å². The van der Waals surface area contributed by atoms with Gasteiger partial charge in [0.1, 0.15) is 5.82 Å². The van der Waals surface area contributed by atoms with Gasteiger partial charge < -0.3 is 4.74 Å². The molecule has 1 aromatic rings. The molecule has 1 aromatic heterocycles. The number of piperidine rings is 1. The van der Waals surface area contributed by atoms with E-state index in [1.165, 1.54) is 25.1 Å². The van der Waals surface area contributed by atoms with Crippen molar-refractivity contribution in [3.05, 3.63) is 30.1 Å². The molecule has 0 amide bonds. The number of pyridine rings is 1. The highest BCUT2D eigenvalue weighted by atomic mass is 19.1. The van der Waals surface area contributed by atoms with Gasteiger partial charge in [0.05, 0.1) is 13.3 Å². The predicted octanol–water partition coefficient (Wildman–Crippen LogP) is 2.03. The Hall–Kier alpha value is -1.16. The summed E-state index contributed by atoms with van der Waals surface area (Å²) in [4.78, 5) is 6.19. The molecule has 3 nitrogen and oxygen atoms in total. The molecule has 0 N–H and O–H groups in total. The van der Waals surface area contributed by atoms with Gasteiger partial charge in [-0.1, -0.05) is 0 Å².